The third kappa shape index (κ3) is 3.80. The van der Waals surface area contributed by atoms with Crippen LogP contribution in [0.25, 0.3) is 0 Å². The topological polar surface area (TPSA) is 29.5 Å². The molecule has 1 aromatic rings. The number of likely N-dealkylation sites (tertiary alicyclic amines) is 1. The van der Waals surface area contributed by atoms with Crippen molar-refractivity contribution in [2.75, 3.05) is 20.7 Å². The van der Waals surface area contributed by atoms with Crippen molar-refractivity contribution in [2.24, 2.45) is 5.41 Å². The van der Waals surface area contributed by atoms with Crippen LogP contribution < -0.4 is 0 Å². The van der Waals surface area contributed by atoms with E-state index >= 15 is 0 Å². The maximum Gasteiger partial charge on any atom is 0.337 e. The Kier molecular flexibility index (Phi) is 5.24. The van der Waals surface area contributed by atoms with Crippen molar-refractivity contribution in [3.05, 3.63) is 35.1 Å². The van der Waals surface area contributed by atoms with Crippen LogP contribution in [-0.2, 0) is 11.2 Å². The van der Waals surface area contributed by atoms with Gasteiger partial charge in [0.1, 0.15) is 5.82 Å². The van der Waals surface area contributed by atoms with Gasteiger partial charge in [0.25, 0.3) is 0 Å². The van der Waals surface area contributed by atoms with E-state index in [2.05, 4.69) is 11.9 Å². The van der Waals surface area contributed by atoms with Crippen LogP contribution in [0.5, 0.6) is 0 Å². The van der Waals surface area contributed by atoms with Crippen molar-refractivity contribution in [3.8, 4) is 0 Å². The molecular formula is C20H28FNO2. The normalized spacial score (nSPS) is 24.0. The molecule has 0 amide bonds. The van der Waals surface area contributed by atoms with E-state index in [0.29, 0.717) is 17.0 Å². The standard InChI is InChI=1S/C20H28FNO2/c1-22-14-20(7-4-3-5-8-20)9-6-18(22)12-15-10-16(19(23)24-2)13-17(21)11-15/h10-11,13,18H,3-9,12,14H2,1-2H3. The second-order valence-electron chi connectivity index (χ2n) is 7.71. The van der Waals surface area contributed by atoms with Gasteiger partial charge < -0.3 is 9.64 Å². The molecule has 1 aliphatic heterocycles. The average Bonchev–Trinajstić information content (AvgIpc) is 2.57. The van der Waals surface area contributed by atoms with E-state index in [1.54, 1.807) is 12.1 Å². The largest absolute Gasteiger partial charge is 0.465 e. The molecule has 2 fully saturated rings. The van der Waals surface area contributed by atoms with E-state index in [1.165, 1.54) is 51.7 Å². The van der Waals surface area contributed by atoms with Crippen LogP contribution in [-0.4, -0.2) is 37.6 Å². The first-order chi connectivity index (χ1) is 11.5. The Balaban J connectivity index is 1.68. The molecule has 1 unspecified atom stereocenters. The first-order valence-electron chi connectivity index (χ1n) is 9.09. The van der Waals surface area contributed by atoms with Gasteiger partial charge in [-0.3, -0.25) is 0 Å². The fourth-order valence-electron chi connectivity index (χ4n) is 4.67. The summed E-state index contributed by atoms with van der Waals surface area (Å²) in [5.41, 5.74) is 1.70. The van der Waals surface area contributed by atoms with Gasteiger partial charge in [0.2, 0.25) is 0 Å². The Morgan fingerprint density at radius 1 is 1.25 bits per heavy atom. The number of halogens is 1. The average molecular weight is 333 g/mol. The molecule has 132 valence electrons. The summed E-state index contributed by atoms with van der Waals surface area (Å²) in [6.07, 6.45) is 10.0. The van der Waals surface area contributed by atoms with E-state index in [1.807, 2.05) is 0 Å². The molecule has 2 aliphatic rings. The molecule has 3 nitrogen and oxygen atoms in total. The van der Waals surface area contributed by atoms with Gasteiger partial charge >= 0.3 is 5.97 Å². The van der Waals surface area contributed by atoms with Crippen LogP contribution in [0.1, 0.15) is 60.9 Å². The lowest BCUT2D eigenvalue weighted by Gasteiger charge is -2.48. The predicted molar refractivity (Wildman–Crippen MR) is 92.6 cm³/mol. The summed E-state index contributed by atoms with van der Waals surface area (Å²) in [6, 6.07) is 4.99. The van der Waals surface area contributed by atoms with E-state index in [9.17, 15) is 9.18 Å². The van der Waals surface area contributed by atoms with Crippen molar-refractivity contribution in [3.63, 3.8) is 0 Å². The van der Waals surface area contributed by atoms with Crippen LogP contribution in [0, 0.1) is 11.2 Å². The smallest absolute Gasteiger partial charge is 0.337 e. The van der Waals surface area contributed by atoms with Gasteiger partial charge in [-0.15, -0.1) is 0 Å². The Morgan fingerprint density at radius 3 is 2.67 bits per heavy atom. The molecule has 1 aliphatic carbocycles. The van der Waals surface area contributed by atoms with E-state index < -0.39 is 5.97 Å². The SMILES string of the molecule is COC(=O)c1cc(F)cc(CC2CCC3(CCCCC3)CN2C)c1. The molecule has 1 aromatic carbocycles. The number of nitrogens with zero attached hydrogens (tertiary/aromatic N) is 1. The van der Waals surface area contributed by atoms with Crippen LogP contribution in [0.4, 0.5) is 4.39 Å². The number of esters is 1. The number of piperidine rings is 1. The van der Waals surface area contributed by atoms with Crippen LogP contribution in [0.3, 0.4) is 0 Å². The van der Waals surface area contributed by atoms with Gasteiger partial charge in [-0.1, -0.05) is 19.3 Å². The molecule has 0 N–H and O–H groups in total. The molecule has 1 spiro atoms. The van der Waals surface area contributed by atoms with Gasteiger partial charge in [-0.2, -0.15) is 0 Å². The lowest BCUT2D eigenvalue weighted by molar-refractivity contribution is 0.0326. The van der Waals surface area contributed by atoms with Crippen molar-refractivity contribution < 1.29 is 13.9 Å². The van der Waals surface area contributed by atoms with Gasteiger partial charge in [0.15, 0.2) is 0 Å². The minimum absolute atomic E-state index is 0.301. The Labute approximate surface area is 144 Å². The van der Waals surface area contributed by atoms with Gasteiger partial charge in [-0.25, -0.2) is 9.18 Å². The first-order valence-corrected chi connectivity index (χ1v) is 9.09. The van der Waals surface area contributed by atoms with E-state index in [4.69, 9.17) is 4.74 Å². The van der Waals surface area contributed by atoms with Crippen molar-refractivity contribution in [2.45, 2.75) is 57.4 Å². The number of carbonyl (C=O) groups excluding carboxylic acids is 1. The Morgan fingerprint density at radius 2 is 2.00 bits per heavy atom. The molecule has 1 atom stereocenters. The monoisotopic (exact) mass is 333 g/mol. The molecule has 3 rings (SSSR count). The zero-order chi connectivity index (χ0) is 17.2. The molecule has 4 heteroatoms. The maximum absolute atomic E-state index is 13.8. The van der Waals surface area contributed by atoms with Gasteiger partial charge in [0.05, 0.1) is 12.7 Å². The molecule has 0 bridgehead atoms. The molecule has 0 aromatic heterocycles. The zero-order valence-electron chi connectivity index (χ0n) is 14.8. The van der Waals surface area contributed by atoms with Crippen molar-refractivity contribution in [1.29, 1.82) is 0 Å². The molecule has 1 saturated heterocycles. The fraction of sp³-hybridized carbons (Fsp3) is 0.650. The second-order valence-corrected chi connectivity index (χ2v) is 7.71. The highest BCUT2D eigenvalue weighted by Crippen LogP contribution is 2.44. The van der Waals surface area contributed by atoms with Crippen molar-refractivity contribution >= 4 is 5.97 Å². The van der Waals surface area contributed by atoms with Crippen molar-refractivity contribution in [1.82, 2.24) is 4.90 Å². The minimum Gasteiger partial charge on any atom is -0.465 e. The minimum atomic E-state index is -0.478. The molecular weight excluding hydrogens is 305 g/mol. The summed E-state index contributed by atoms with van der Waals surface area (Å²) in [6.45, 7) is 1.15. The second kappa shape index (κ2) is 7.22. The summed E-state index contributed by atoms with van der Waals surface area (Å²) in [4.78, 5) is 14.1. The number of ether oxygens (including phenoxy) is 1. The third-order valence-corrected chi connectivity index (χ3v) is 5.98. The molecule has 0 radical (unpaired) electrons. The highest BCUT2D eigenvalue weighted by atomic mass is 19.1. The number of benzene rings is 1. The Hall–Kier alpha value is -1.42. The molecule has 1 saturated carbocycles. The summed E-state index contributed by atoms with van der Waals surface area (Å²) in [5, 5.41) is 0. The number of likely N-dealkylation sites (N-methyl/N-ethyl adjacent to an activating group) is 1. The quantitative estimate of drug-likeness (QED) is 0.777. The highest BCUT2D eigenvalue weighted by molar-refractivity contribution is 5.89. The fourth-order valence-corrected chi connectivity index (χ4v) is 4.67. The predicted octanol–water partition coefficient (Wildman–Crippen LogP) is 4.20. The third-order valence-electron chi connectivity index (χ3n) is 5.98. The van der Waals surface area contributed by atoms with E-state index in [-0.39, 0.29) is 5.82 Å². The van der Waals surface area contributed by atoms with Crippen LogP contribution in [0.15, 0.2) is 18.2 Å². The number of carbonyl (C=O) groups is 1. The summed E-state index contributed by atoms with van der Waals surface area (Å²) < 4.78 is 18.6. The van der Waals surface area contributed by atoms with Gasteiger partial charge in [-0.05, 0) is 68.3 Å². The van der Waals surface area contributed by atoms with Crippen LogP contribution in [0.2, 0.25) is 0 Å². The summed E-state index contributed by atoms with van der Waals surface area (Å²) in [7, 11) is 3.52. The Bertz CT molecular complexity index is 595. The number of hydrogen-bond donors (Lipinski definition) is 0. The molecule has 1 heterocycles. The number of rotatable bonds is 3. The maximum atomic E-state index is 13.8. The van der Waals surface area contributed by atoms with Gasteiger partial charge in [0, 0.05) is 12.6 Å². The lowest BCUT2D eigenvalue weighted by Crippen LogP contribution is -2.48. The number of methoxy groups -OCH3 is 1. The first kappa shape index (κ1) is 17.4. The highest BCUT2D eigenvalue weighted by Gasteiger charge is 2.38. The summed E-state index contributed by atoms with van der Waals surface area (Å²) >= 11 is 0. The number of hydrogen-bond acceptors (Lipinski definition) is 3. The zero-order valence-corrected chi connectivity index (χ0v) is 14.8. The summed E-state index contributed by atoms with van der Waals surface area (Å²) in [5.74, 6) is -0.843. The molecule has 24 heavy (non-hydrogen) atoms. The lowest BCUT2D eigenvalue weighted by atomic mass is 9.68. The van der Waals surface area contributed by atoms with Crippen LogP contribution >= 0.6 is 0 Å². The van der Waals surface area contributed by atoms with E-state index in [0.717, 1.165) is 24.9 Å².